The van der Waals surface area contributed by atoms with Gasteiger partial charge in [-0.25, -0.2) is 0 Å². The highest BCUT2D eigenvalue weighted by atomic mass is 32.1. The molecule has 0 radical (unpaired) electrons. The highest BCUT2D eigenvalue weighted by Crippen LogP contribution is 2.49. The van der Waals surface area contributed by atoms with Gasteiger partial charge < -0.3 is 13.6 Å². The molecule has 0 aromatic heterocycles. The summed E-state index contributed by atoms with van der Waals surface area (Å²) in [5.41, 5.74) is 0. The Morgan fingerprint density at radius 2 is 0.903 bits per heavy atom. The van der Waals surface area contributed by atoms with Gasteiger partial charge >= 0.3 is 8.60 Å². The Bertz CT molecular complexity index is 807. The lowest BCUT2D eigenvalue weighted by atomic mass is 9.97. The van der Waals surface area contributed by atoms with Crippen LogP contribution in [0.5, 0.6) is 0 Å². The fourth-order valence-electron chi connectivity index (χ4n) is 3.38. The Labute approximate surface area is 202 Å². The van der Waals surface area contributed by atoms with Crippen molar-refractivity contribution in [3.8, 4) is 0 Å². The second-order valence-electron chi connectivity index (χ2n) is 7.38. The van der Waals surface area contributed by atoms with Gasteiger partial charge in [0, 0.05) is 17.8 Å². The van der Waals surface area contributed by atoms with Crippen LogP contribution in [0.25, 0.3) is 0 Å². The van der Waals surface area contributed by atoms with E-state index in [0.29, 0.717) is 17.3 Å². The highest BCUT2D eigenvalue weighted by Gasteiger charge is 2.31. The topological polar surface area (TPSA) is 27.7 Å². The highest BCUT2D eigenvalue weighted by molar-refractivity contribution is 7.81. The molecule has 0 spiro atoms. The zero-order valence-electron chi connectivity index (χ0n) is 17.9. The molecule has 0 aromatic rings. The largest absolute Gasteiger partial charge is 0.530 e. The Morgan fingerprint density at radius 1 is 0.613 bits per heavy atom. The molecule has 7 heteroatoms. The molecule has 3 aliphatic rings. The van der Waals surface area contributed by atoms with Gasteiger partial charge in [-0.05, 0) is 37.5 Å². The summed E-state index contributed by atoms with van der Waals surface area (Å²) in [7, 11) is -1.85. The van der Waals surface area contributed by atoms with Crippen LogP contribution in [-0.2, 0) is 13.6 Å². The average Bonchev–Trinajstić information content (AvgIpc) is 2.78. The third-order valence-electron chi connectivity index (χ3n) is 5.35. The molecule has 3 nitrogen and oxygen atoms in total. The van der Waals surface area contributed by atoms with Crippen LogP contribution in [-0.4, -0.2) is 14.6 Å². The molecule has 31 heavy (non-hydrogen) atoms. The molecule has 3 atom stereocenters. The summed E-state index contributed by atoms with van der Waals surface area (Å²) < 4.78 is 18.6. The summed E-state index contributed by atoms with van der Waals surface area (Å²) in [6, 6.07) is 0. The monoisotopic (exact) mass is 490 g/mol. The van der Waals surface area contributed by atoms with E-state index in [9.17, 15) is 0 Å². The maximum atomic E-state index is 6.22. The van der Waals surface area contributed by atoms with E-state index < -0.39 is 8.60 Å². The van der Waals surface area contributed by atoms with E-state index in [1.807, 2.05) is 36.5 Å². The SMILES string of the molecule is CCC1C=CC=C(OP(OC2=CC=CC(CC)C2=S)OC2=CC=CC(CC)C2=S)C1=S. The van der Waals surface area contributed by atoms with Crippen LogP contribution in [0.1, 0.15) is 40.0 Å². The van der Waals surface area contributed by atoms with Crippen molar-refractivity contribution < 1.29 is 13.6 Å². The summed E-state index contributed by atoms with van der Waals surface area (Å²) in [5, 5.41) is 0. The molecule has 0 heterocycles. The number of rotatable bonds is 9. The first kappa shape index (κ1) is 24.2. The Kier molecular flexibility index (Phi) is 8.91. The van der Waals surface area contributed by atoms with Gasteiger partial charge in [-0.15, -0.1) is 0 Å². The molecule has 164 valence electrons. The van der Waals surface area contributed by atoms with Gasteiger partial charge in [0.05, 0.1) is 14.6 Å². The van der Waals surface area contributed by atoms with Gasteiger partial charge in [0.2, 0.25) is 0 Å². The van der Waals surface area contributed by atoms with Crippen LogP contribution in [0.2, 0.25) is 0 Å². The van der Waals surface area contributed by atoms with Crippen molar-refractivity contribution in [2.75, 3.05) is 0 Å². The number of allylic oxidation sites excluding steroid dienone is 12. The summed E-state index contributed by atoms with van der Waals surface area (Å²) in [5.74, 6) is 2.30. The Hall–Kier alpha value is -1.46. The first-order chi connectivity index (χ1) is 15.0. The summed E-state index contributed by atoms with van der Waals surface area (Å²) >= 11 is 16.9. The molecule has 0 aromatic carbocycles. The normalized spacial score (nSPS) is 26.2. The third kappa shape index (κ3) is 5.87. The lowest BCUT2D eigenvalue weighted by Gasteiger charge is -2.27. The number of hydrogen-bond donors (Lipinski definition) is 0. The van der Waals surface area contributed by atoms with E-state index in [1.54, 1.807) is 0 Å². The maximum Gasteiger partial charge on any atom is 0.530 e. The van der Waals surface area contributed by atoms with E-state index in [4.69, 9.17) is 50.2 Å². The van der Waals surface area contributed by atoms with Gasteiger partial charge in [0.25, 0.3) is 0 Å². The minimum absolute atomic E-state index is 0.164. The van der Waals surface area contributed by atoms with Gasteiger partial charge in [-0.1, -0.05) is 93.9 Å². The predicted octanol–water partition coefficient (Wildman–Crippen LogP) is 7.81. The fourth-order valence-corrected chi connectivity index (χ4v) is 5.70. The number of thiocarbonyl (C=S) groups is 3. The zero-order valence-corrected chi connectivity index (χ0v) is 21.3. The quantitative estimate of drug-likeness (QED) is 0.242. The van der Waals surface area contributed by atoms with Gasteiger partial charge in [0.1, 0.15) is 17.3 Å². The molecule has 0 bridgehead atoms. The second kappa shape index (κ2) is 11.4. The molecule has 3 aliphatic carbocycles. The summed E-state index contributed by atoms with van der Waals surface area (Å²) in [4.78, 5) is 2.26. The van der Waals surface area contributed by atoms with Gasteiger partial charge in [-0.2, -0.15) is 0 Å². The van der Waals surface area contributed by atoms with Crippen LogP contribution >= 0.6 is 45.3 Å². The van der Waals surface area contributed by atoms with E-state index in [-0.39, 0.29) is 17.8 Å². The van der Waals surface area contributed by atoms with Crippen molar-refractivity contribution in [2.24, 2.45) is 17.8 Å². The molecule has 0 amide bonds. The van der Waals surface area contributed by atoms with Crippen LogP contribution in [0.15, 0.2) is 72.0 Å². The smallest absolute Gasteiger partial charge is 0.407 e. The van der Waals surface area contributed by atoms with E-state index in [1.165, 1.54) is 0 Å². The molecule has 0 saturated heterocycles. The molecular formula is C24H27O3PS3. The van der Waals surface area contributed by atoms with Crippen molar-refractivity contribution >= 4 is 59.8 Å². The molecule has 0 saturated carbocycles. The minimum atomic E-state index is -1.85. The lowest BCUT2D eigenvalue weighted by Crippen LogP contribution is -2.19. The second-order valence-corrected chi connectivity index (χ2v) is 9.70. The molecular weight excluding hydrogens is 463 g/mol. The first-order valence-electron chi connectivity index (χ1n) is 10.6. The molecule has 0 aliphatic heterocycles. The van der Waals surface area contributed by atoms with Crippen LogP contribution in [0.4, 0.5) is 0 Å². The van der Waals surface area contributed by atoms with Crippen LogP contribution < -0.4 is 0 Å². The summed E-state index contributed by atoms with van der Waals surface area (Å²) in [6.07, 6.45) is 20.5. The van der Waals surface area contributed by atoms with Gasteiger partial charge in [-0.3, -0.25) is 0 Å². The minimum Gasteiger partial charge on any atom is -0.407 e. The van der Waals surface area contributed by atoms with Crippen molar-refractivity contribution in [3.05, 3.63) is 72.0 Å². The van der Waals surface area contributed by atoms with Crippen molar-refractivity contribution in [2.45, 2.75) is 40.0 Å². The van der Waals surface area contributed by atoms with E-state index in [0.717, 1.165) is 33.9 Å². The Morgan fingerprint density at radius 3 is 1.16 bits per heavy atom. The average molecular weight is 491 g/mol. The van der Waals surface area contributed by atoms with Gasteiger partial charge in [0.15, 0.2) is 0 Å². The lowest BCUT2D eigenvalue weighted by molar-refractivity contribution is 0.278. The third-order valence-corrected chi connectivity index (χ3v) is 7.90. The van der Waals surface area contributed by atoms with Crippen molar-refractivity contribution in [3.63, 3.8) is 0 Å². The van der Waals surface area contributed by atoms with Crippen LogP contribution in [0, 0.1) is 17.8 Å². The van der Waals surface area contributed by atoms with Crippen molar-refractivity contribution in [1.29, 1.82) is 0 Å². The summed E-state index contributed by atoms with van der Waals surface area (Å²) in [6.45, 7) is 6.31. The molecule has 0 N–H and O–H groups in total. The predicted molar refractivity (Wildman–Crippen MR) is 141 cm³/mol. The standard InChI is InChI=1S/C24H27O3PS3/c1-4-16-10-7-13-19(22(16)29)25-28(26-20-14-8-11-17(5-2)23(20)30)27-21-15-9-12-18(6-3)24(21)31/h7-18H,4-6H2,1-3H3. The molecule has 3 rings (SSSR count). The van der Waals surface area contributed by atoms with E-state index in [2.05, 4.69) is 39.0 Å². The first-order valence-corrected chi connectivity index (χ1v) is 12.9. The van der Waals surface area contributed by atoms with Crippen LogP contribution in [0.3, 0.4) is 0 Å². The number of hydrogen-bond acceptors (Lipinski definition) is 6. The van der Waals surface area contributed by atoms with E-state index >= 15 is 0 Å². The molecule has 0 fully saturated rings. The zero-order chi connectivity index (χ0) is 22.4. The maximum absolute atomic E-state index is 6.22. The fraction of sp³-hybridized carbons (Fsp3) is 0.375. The molecule has 3 unspecified atom stereocenters. The Balaban J connectivity index is 1.83. The van der Waals surface area contributed by atoms with Crippen molar-refractivity contribution in [1.82, 2.24) is 0 Å².